The van der Waals surface area contributed by atoms with Gasteiger partial charge in [0, 0.05) is 27.7 Å². The molecule has 0 fully saturated rings. The lowest BCUT2D eigenvalue weighted by atomic mass is 10.0. The number of amides is 1. The van der Waals surface area contributed by atoms with Crippen molar-refractivity contribution in [1.29, 1.82) is 0 Å². The molecule has 0 atom stereocenters. The predicted molar refractivity (Wildman–Crippen MR) is 120 cm³/mol. The Kier molecular flexibility index (Phi) is 4.37. The second kappa shape index (κ2) is 7.33. The van der Waals surface area contributed by atoms with Crippen LogP contribution < -0.4 is 5.43 Å². The Balaban J connectivity index is 1.37. The zero-order valence-electron chi connectivity index (χ0n) is 16.3. The summed E-state index contributed by atoms with van der Waals surface area (Å²) in [5.41, 5.74) is 7.60. The van der Waals surface area contributed by atoms with Crippen LogP contribution in [-0.2, 0) is 0 Å². The molecule has 5 aromatic rings. The number of rotatable bonds is 4. The highest BCUT2D eigenvalue weighted by Gasteiger charge is 2.12. The van der Waals surface area contributed by atoms with Gasteiger partial charge in [0.05, 0.1) is 11.9 Å². The van der Waals surface area contributed by atoms with Crippen molar-refractivity contribution in [2.75, 3.05) is 0 Å². The molecule has 3 N–H and O–H groups in total. The number of aromatic amines is 2. The molecule has 0 radical (unpaired) electrons. The number of nitrogens with one attached hydrogen (secondary N) is 3. The third-order valence-electron chi connectivity index (χ3n) is 5.19. The first kappa shape index (κ1) is 17.9. The van der Waals surface area contributed by atoms with Crippen LogP contribution in [0.1, 0.15) is 21.7 Å². The summed E-state index contributed by atoms with van der Waals surface area (Å²) < 4.78 is 0. The van der Waals surface area contributed by atoms with E-state index in [4.69, 9.17) is 0 Å². The fourth-order valence-electron chi connectivity index (χ4n) is 3.71. The topological polar surface area (TPSA) is 85.9 Å². The molecule has 0 aliphatic heterocycles. The summed E-state index contributed by atoms with van der Waals surface area (Å²) in [7, 11) is 0. The highest BCUT2D eigenvalue weighted by atomic mass is 16.2. The molecule has 0 bridgehead atoms. The SMILES string of the molecule is Cc1[nH]c2ccccc2c1C=NNC(=O)c1cc(-c2cccc3ccccc23)n[nH]1. The number of H-pyrrole nitrogens is 2. The zero-order chi connectivity index (χ0) is 20.5. The lowest BCUT2D eigenvalue weighted by Gasteiger charge is -2.02. The molecule has 5 rings (SSSR count). The van der Waals surface area contributed by atoms with Crippen LogP contribution in [0, 0.1) is 6.92 Å². The van der Waals surface area contributed by atoms with Gasteiger partial charge in [-0.25, -0.2) is 5.43 Å². The molecule has 3 aromatic carbocycles. The van der Waals surface area contributed by atoms with Gasteiger partial charge in [0.1, 0.15) is 5.69 Å². The minimum atomic E-state index is -0.345. The quantitative estimate of drug-likeness (QED) is 0.303. The first-order chi connectivity index (χ1) is 14.7. The smallest absolute Gasteiger partial charge is 0.289 e. The van der Waals surface area contributed by atoms with Crippen molar-refractivity contribution in [1.82, 2.24) is 20.6 Å². The normalized spacial score (nSPS) is 11.5. The van der Waals surface area contributed by atoms with Gasteiger partial charge in [-0.15, -0.1) is 0 Å². The van der Waals surface area contributed by atoms with E-state index in [1.165, 1.54) is 0 Å². The predicted octanol–water partition coefficient (Wildman–Crippen LogP) is 4.78. The number of hydrogen-bond acceptors (Lipinski definition) is 3. The van der Waals surface area contributed by atoms with Crippen LogP contribution in [-0.4, -0.2) is 27.3 Å². The Morgan fingerprint density at radius 1 is 1.00 bits per heavy atom. The maximum atomic E-state index is 12.5. The fraction of sp³-hybridized carbons (Fsp3) is 0.0417. The molecule has 2 aromatic heterocycles. The van der Waals surface area contributed by atoms with Crippen LogP contribution in [0.3, 0.4) is 0 Å². The molecule has 0 saturated heterocycles. The number of hydrogen-bond donors (Lipinski definition) is 3. The van der Waals surface area contributed by atoms with Crippen molar-refractivity contribution in [3.8, 4) is 11.3 Å². The highest BCUT2D eigenvalue weighted by molar-refractivity contribution is 6.02. The number of fused-ring (bicyclic) bond motifs is 2. The van der Waals surface area contributed by atoms with E-state index in [1.807, 2.05) is 61.5 Å². The van der Waals surface area contributed by atoms with E-state index >= 15 is 0 Å². The van der Waals surface area contributed by atoms with Gasteiger partial charge in [-0.2, -0.15) is 10.2 Å². The summed E-state index contributed by atoms with van der Waals surface area (Å²) in [5.74, 6) is -0.345. The maximum absolute atomic E-state index is 12.5. The molecular weight excluding hydrogens is 374 g/mol. The van der Waals surface area contributed by atoms with E-state index < -0.39 is 0 Å². The molecule has 6 nitrogen and oxygen atoms in total. The van der Waals surface area contributed by atoms with E-state index in [-0.39, 0.29) is 5.91 Å². The summed E-state index contributed by atoms with van der Waals surface area (Å²) in [6, 6.07) is 23.9. The average molecular weight is 393 g/mol. The molecule has 30 heavy (non-hydrogen) atoms. The van der Waals surface area contributed by atoms with Crippen molar-refractivity contribution in [2.45, 2.75) is 6.92 Å². The van der Waals surface area contributed by atoms with Gasteiger partial charge < -0.3 is 4.98 Å². The van der Waals surface area contributed by atoms with Crippen LogP contribution >= 0.6 is 0 Å². The third-order valence-corrected chi connectivity index (χ3v) is 5.19. The van der Waals surface area contributed by atoms with Crippen molar-refractivity contribution in [3.05, 3.63) is 89.7 Å². The summed E-state index contributed by atoms with van der Waals surface area (Å²) in [6.07, 6.45) is 1.66. The molecule has 6 heteroatoms. The second-order valence-electron chi connectivity index (χ2n) is 7.10. The number of hydrazone groups is 1. The Bertz CT molecular complexity index is 1400. The number of carbonyl (C=O) groups is 1. The summed E-state index contributed by atoms with van der Waals surface area (Å²) >= 11 is 0. The zero-order valence-corrected chi connectivity index (χ0v) is 16.3. The maximum Gasteiger partial charge on any atom is 0.289 e. The van der Waals surface area contributed by atoms with E-state index in [2.05, 4.69) is 37.8 Å². The van der Waals surface area contributed by atoms with Crippen LogP contribution in [0.2, 0.25) is 0 Å². The molecule has 0 spiro atoms. The molecule has 0 aliphatic carbocycles. The lowest BCUT2D eigenvalue weighted by molar-refractivity contribution is 0.0950. The van der Waals surface area contributed by atoms with Gasteiger partial charge in [-0.3, -0.25) is 9.89 Å². The first-order valence-electron chi connectivity index (χ1n) is 9.65. The molecular formula is C24H19N5O. The van der Waals surface area contributed by atoms with Crippen molar-refractivity contribution >= 4 is 33.8 Å². The minimum Gasteiger partial charge on any atom is -0.358 e. The van der Waals surface area contributed by atoms with Crippen molar-refractivity contribution in [2.24, 2.45) is 5.10 Å². The average Bonchev–Trinajstić information content (AvgIpc) is 3.38. The number of aryl methyl sites for hydroxylation is 1. The molecule has 0 saturated carbocycles. The second-order valence-corrected chi connectivity index (χ2v) is 7.10. The van der Waals surface area contributed by atoms with Gasteiger partial charge in [-0.1, -0.05) is 60.7 Å². The number of carbonyl (C=O) groups excluding carboxylic acids is 1. The minimum absolute atomic E-state index is 0.345. The van der Waals surface area contributed by atoms with Crippen molar-refractivity contribution < 1.29 is 4.79 Å². The molecule has 0 unspecified atom stereocenters. The van der Waals surface area contributed by atoms with E-state index in [0.29, 0.717) is 11.4 Å². The highest BCUT2D eigenvalue weighted by Crippen LogP contribution is 2.27. The third kappa shape index (κ3) is 3.14. The Morgan fingerprint density at radius 2 is 1.77 bits per heavy atom. The Labute approximate surface area is 172 Å². The number of benzene rings is 3. The standard InChI is InChI=1S/C24H19N5O/c1-15-20(19-10-4-5-12-21(19)26-15)14-25-29-24(30)23-13-22(27-28-23)18-11-6-8-16-7-2-3-9-17(16)18/h2-14,26H,1H3,(H,27,28)(H,29,30). The van der Waals surface area contributed by atoms with Gasteiger partial charge in [0.2, 0.25) is 0 Å². The number of aromatic nitrogens is 3. The number of para-hydroxylation sites is 1. The van der Waals surface area contributed by atoms with Crippen LogP contribution in [0.15, 0.2) is 77.9 Å². The molecule has 2 heterocycles. The van der Waals surface area contributed by atoms with Gasteiger partial charge in [0.15, 0.2) is 0 Å². The van der Waals surface area contributed by atoms with Crippen LogP contribution in [0.4, 0.5) is 0 Å². The van der Waals surface area contributed by atoms with Crippen molar-refractivity contribution in [3.63, 3.8) is 0 Å². The van der Waals surface area contributed by atoms with Crippen LogP contribution in [0.5, 0.6) is 0 Å². The fourth-order valence-corrected chi connectivity index (χ4v) is 3.71. The lowest BCUT2D eigenvalue weighted by Crippen LogP contribution is -2.18. The molecule has 1 amide bonds. The molecule has 146 valence electrons. The van der Waals surface area contributed by atoms with E-state index in [9.17, 15) is 4.79 Å². The van der Waals surface area contributed by atoms with E-state index in [1.54, 1.807) is 12.3 Å². The van der Waals surface area contributed by atoms with Gasteiger partial charge in [-0.05, 0) is 29.8 Å². The largest absolute Gasteiger partial charge is 0.358 e. The van der Waals surface area contributed by atoms with Crippen LogP contribution in [0.25, 0.3) is 32.9 Å². The van der Waals surface area contributed by atoms with Gasteiger partial charge in [0.25, 0.3) is 5.91 Å². The molecule has 0 aliphatic rings. The monoisotopic (exact) mass is 393 g/mol. The van der Waals surface area contributed by atoms with Gasteiger partial charge >= 0.3 is 0 Å². The first-order valence-corrected chi connectivity index (χ1v) is 9.65. The Hall–Kier alpha value is -4.19. The summed E-state index contributed by atoms with van der Waals surface area (Å²) in [5, 5.41) is 14.6. The van der Waals surface area contributed by atoms with E-state index in [0.717, 1.165) is 38.5 Å². The summed E-state index contributed by atoms with van der Waals surface area (Å²) in [4.78, 5) is 15.8. The Morgan fingerprint density at radius 3 is 2.67 bits per heavy atom. The summed E-state index contributed by atoms with van der Waals surface area (Å²) in [6.45, 7) is 1.98. The number of nitrogens with zero attached hydrogens (tertiary/aromatic N) is 2.